The third kappa shape index (κ3) is 5.00. The van der Waals surface area contributed by atoms with E-state index in [0.717, 1.165) is 28.3 Å². The predicted octanol–water partition coefficient (Wildman–Crippen LogP) is 3.55. The molecule has 0 saturated carbocycles. The fourth-order valence-corrected chi connectivity index (χ4v) is 4.85. The smallest absolute Gasteiger partial charge is 0.276 e. The zero-order valence-corrected chi connectivity index (χ0v) is 20.2. The van der Waals surface area contributed by atoms with E-state index in [9.17, 15) is 4.79 Å². The maximum absolute atomic E-state index is 13.2. The third-order valence-corrected chi connectivity index (χ3v) is 6.66. The normalized spacial score (nSPS) is 16.9. The molecule has 1 amide bonds. The molecule has 2 heterocycles. The van der Waals surface area contributed by atoms with Crippen LogP contribution in [0.1, 0.15) is 50.8 Å². The van der Waals surface area contributed by atoms with Crippen LogP contribution in [0.5, 0.6) is 11.5 Å². The van der Waals surface area contributed by atoms with Crippen molar-refractivity contribution in [3.8, 4) is 11.5 Å². The number of carbonyl (C=O) groups is 1. The summed E-state index contributed by atoms with van der Waals surface area (Å²) in [5.74, 6) is 2.01. The average Bonchev–Trinajstić information content (AvgIpc) is 2.85. The second-order valence-electron chi connectivity index (χ2n) is 7.95. The molecule has 1 N–H and O–H groups in total. The molecule has 0 fully saturated rings. The van der Waals surface area contributed by atoms with E-state index in [1.54, 1.807) is 31.0 Å². The lowest BCUT2D eigenvalue weighted by Crippen LogP contribution is -2.50. The monoisotopic (exact) mass is 466 g/mol. The van der Waals surface area contributed by atoms with Gasteiger partial charge in [0.25, 0.3) is 5.91 Å². The van der Waals surface area contributed by atoms with E-state index in [1.165, 1.54) is 25.7 Å². The molecule has 0 spiro atoms. The number of para-hydroxylation sites is 1. The average molecular weight is 467 g/mol. The Labute approximate surface area is 198 Å². The Morgan fingerprint density at radius 3 is 2.61 bits per heavy atom. The Bertz CT molecular complexity index is 1160. The lowest BCUT2D eigenvalue weighted by atomic mass is 10.1. The molecule has 33 heavy (non-hydrogen) atoms. The Morgan fingerprint density at radius 2 is 1.82 bits per heavy atom. The first kappa shape index (κ1) is 23.2. The molecule has 0 aliphatic carbocycles. The predicted molar refractivity (Wildman–Crippen MR) is 132 cm³/mol. The second-order valence-corrected chi connectivity index (χ2v) is 9.03. The molecule has 8 heteroatoms. The van der Waals surface area contributed by atoms with Crippen LogP contribution in [0.15, 0.2) is 52.6 Å². The number of hydrazone groups is 1. The molecule has 2 aromatic rings. The molecule has 2 aromatic carbocycles. The van der Waals surface area contributed by atoms with Crippen molar-refractivity contribution < 1.29 is 14.3 Å². The number of fused-ring (bicyclic) bond motifs is 2. The number of methoxy groups -OCH3 is 2. The number of ether oxygens (including phenoxy) is 2. The number of benzene rings is 2. The molecule has 7 nitrogen and oxygen atoms in total. The zero-order chi connectivity index (χ0) is 23.2. The number of amidine groups is 1. The van der Waals surface area contributed by atoms with Gasteiger partial charge in [-0.05, 0) is 24.6 Å². The van der Waals surface area contributed by atoms with Crippen LogP contribution >= 0.6 is 11.8 Å². The van der Waals surface area contributed by atoms with Gasteiger partial charge >= 0.3 is 0 Å². The summed E-state index contributed by atoms with van der Waals surface area (Å²) in [7, 11) is 3.21. The minimum Gasteiger partial charge on any atom is -0.493 e. The summed E-state index contributed by atoms with van der Waals surface area (Å²) in [6, 6.07) is 13.3. The first-order chi connectivity index (χ1) is 16.2. The van der Waals surface area contributed by atoms with Crippen LogP contribution in [0.2, 0.25) is 0 Å². The number of amides is 1. The van der Waals surface area contributed by atoms with Gasteiger partial charge in [-0.2, -0.15) is 0 Å². The molecule has 0 aromatic heterocycles. The fourth-order valence-electron chi connectivity index (χ4n) is 4.00. The first-order valence-electron chi connectivity index (χ1n) is 11.4. The number of nitrogens with zero attached hydrogens (tertiary/aromatic N) is 3. The van der Waals surface area contributed by atoms with Crippen LogP contribution in [0.3, 0.4) is 0 Å². The van der Waals surface area contributed by atoms with E-state index < -0.39 is 6.17 Å². The summed E-state index contributed by atoms with van der Waals surface area (Å²) in [6.07, 6.45) is 5.55. The summed E-state index contributed by atoms with van der Waals surface area (Å²) in [5.41, 5.74) is 1.37. The van der Waals surface area contributed by atoms with Crippen molar-refractivity contribution >= 4 is 28.5 Å². The summed E-state index contributed by atoms with van der Waals surface area (Å²) >= 11 is 1.58. The van der Waals surface area contributed by atoms with Crippen LogP contribution in [0.25, 0.3) is 5.70 Å². The van der Waals surface area contributed by atoms with Gasteiger partial charge in [-0.3, -0.25) is 15.1 Å². The Kier molecular flexibility index (Phi) is 7.54. The standard InChI is InChI=1S/C25H30N4O3S/c1-4-5-6-7-10-15-33-25-27-24(30)22-18-11-8-9-12-19(18)26-23(29(22)28-25)17-13-14-20(31-2)21(16-17)32-3/h8-9,11-14,16,23H,4-7,10,15H2,1-3H3,(H,27,28,30)/t23-/m1/s1. The maximum Gasteiger partial charge on any atom is 0.276 e. The van der Waals surface area contributed by atoms with Crippen LogP contribution in [-0.2, 0) is 4.79 Å². The zero-order valence-electron chi connectivity index (χ0n) is 19.3. The van der Waals surface area contributed by atoms with Crippen molar-refractivity contribution in [3.05, 3.63) is 58.6 Å². The lowest BCUT2D eigenvalue weighted by molar-refractivity contribution is -0.116. The first-order valence-corrected chi connectivity index (χ1v) is 12.4. The highest BCUT2D eigenvalue weighted by Crippen LogP contribution is 2.35. The summed E-state index contributed by atoms with van der Waals surface area (Å²) < 4.78 is 10.9. The molecule has 2 aliphatic rings. The number of hydrogen-bond acceptors (Lipinski definition) is 7. The Hall–Kier alpha value is -3.00. The van der Waals surface area contributed by atoms with E-state index in [2.05, 4.69) is 12.2 Å². The Balaban J connectivity index is 1.68. The minimum atomic E-state index is -0.485. The Morgan fingerprint density at radius 1 is 1.03 bits per heavy atom. The number of nitrogens with one attached hydrogen (secondary N) is 1. The van der Waals surface area contributed by atoms with Crippen molar-refractivity contribution in [2.75, 3.05) is 20.0 Å². The number of thioether (sulfide) groups is 1. The highest BCUT2D eigenvalue weighted by molar-refractivity contribution is 8.13. The van der Waals surface area contributed by atoms with Crippen molar-refractivity contribution in [1.82, 2.24) is 10.3 Å². The molecular weight excluding hydrogens is 436 g/mol. The molecule has 174 valence electrons. The van der Waals surface area contributed by atoms with Gasteiger partial charge in [0, 0.05) is 16.5 Å². The van der Waals surface area contributed by atoms with Crippen molar-refractivity contribution in [1.29, 1.82) is 0 Å². The van der Waals surface area contributed by atoms with E-state index in [1.807, 2.05) is 42.5 Å². The van der Waals surface area contributed by atoms with Crippen molar-refractivity contribution in [2.24, 2.45) is 10.1 Å². The van der Waals surface area contributed by atoms with Gasteiger partial charge in [0.2, 0.25) is 0 Å². The largest absolute Gasteiger partial charge is 0.493 e. The molecule has 0 bridgehead atoms. The molecule has 2 aliphatic heterocycles. The molecule has 0 radical (unpaired) electrons. The quantitative estimate of drug-likeness (QED) is 0.572. The van der Waals surface area contributed by atoms with Gasteiger partial charge in [-0.15, -0.1) is 5.10 Å². The van der Waals surface area contributed by atoms with E-state index in [0.29, 0.717) is 22.4 Å². The fraction of sp³-hybridized carbons (Fsp3) is 0.400. The molecular formula is C25H30N4O3S. The molecule has 0 saturated heterocycles. The third-order valence-electron chi connectivity index (χ3n) is 5.71. The maximum atomic E-state index is 13.2. The van der Waals surface area contributed by atoms with E-state index in [4.69, 9.17) is 19.6 Å². The topological polar surface area (TPSA) is 75.5 Å². The SMILES string of the molecule is CCCCCCCSC1=NN2C(=c3ccccc3=N[C@H]2c2ccc(OC)c(OC)c2)C(=O)N1. The summed E-state index contributed by atoms with van der Waals surface area (Å²) in [5, 5.41) is 11.7. The molecule has 0 unspecified atom stereocenters. The number of unbranched alkanes of at least 4 members (excludes halogenated alkanes) is 4. The van der Waals surface area contributed by atoms with Crippen LogP contribution in [0, 0.1) is 0 Å². The van der Waals surface area contributed by atoms with Gasteiger partial charge in [-0.1, -0.05) is 68.6 Å². The highest BCUT2D eigenvalue weighted by Gasteiger charge is 2.34. The highest BCUT2D eigenvalue weighted by atomic mass is 32.2. The van der Waals surface area contributed by atoms with Crippen LogP contribution < -0.4 is 25.4 Å². The lowest BCUT2D eigenvalue weighted by Gasteiger charge is -2.34. The van der Waals surface area contributed by atoms with Crippen molar-refractivity contribution in [3.63, 3.8) is 0 Å². The van der Waals surface area contributed by atoms with Gasteiger partial charge in [0.1, 0.15) is 5.70 Å². The summed E-state index contributed by atoms with van der Waals surface area (Å²) in [6.45, 7) is 2.21. The number of carbonyl (C=O) groups excluding carboxylic acids is 1. The van der Waals surface area contributed by atoms with Gasteiger partial charge < -0.3 is 9.47 Å². The second kappa shape index (κ2) is 10.7. The number of rotatable bonds is 9. The molecule has 1 atom stereocenters. The van der Waals surface area contributed by atoms with Crippen molar-refractivity contribution in [2.45, 2.75) is 45.2 Å². The van der Waals surface area contributed by atoms with E-state index >= 15 is 0 Å². The minimum absolute atomic E-state index is 0.161. The molecule has 4 rings (SSSR count). The number of hydrogen-bond donors (Lipinski definition) is 1. The van der Waals surface area contributed by atoms with Crippen LogP contribution in [-0.4, -0.2) is 36.1 Å². The van der Waals surface area contributed by atoms with Gasteiger partial charge in [0.15, 0.2) is 22.8 Å². The van der Waals surface area contributed by atoms with Crippen LogP contribution in [0.4, 0.5) is 0 Å². The van der Waals surface area contributed by atoms with Gasteiger partial charge in [-0.25, -0.2) is 5.01 Å². The van der Waals surface area contributed by atoms with Gasteiger partial charge in [0.05, 0.1) is 19.6 Å². The van der Waals surface area contributed by atoms with E-state index in [-0.39, 0.29) is 5.91 Å². The summed E-state index contributed by atoms with van der Waals surface area (Å²) in [4.78, 5) is 18.1.